The van der Waals surface area contributed by atoms with Crippen LogP contribution in [-0.4, -0.2) is 48.2 Å². The second-order valence-electron chi connectivity index (χ2n) is 6.30. The van der Waals surface area contributed by atoms with E-state index in [0.717, 1.165) is 48.2 Å². The Balaban J connectivity index is 1.58. The van der Waals surface area contributed by atoms with E-state index in [1.54, 1.807) is 0 Å². The molecule has 1 atom stereocenters. The zero-order valence-electron chi connectivity index (χ0n) is 13.7. The fourth-order valence-electron chi connectivity index (χ4n) is 3.29. The van der Waals surface area contributed by atoms with Gasteiger partial charge in [-0.15, -0.1) is 0 Å². The summed E-state index contributed by atoms with van der Waals surface area (Å²) < 4.78 is 5.41. The average molecular weight is 345 g/mol. The van der Waals surface area contributed by atoms with Crippen molar-refractivity contribution < 1.29 is 4.74 Å². The van der Waals surface area contributed by atoms with Crippen LogP contribution in [0.15, 0.2) is 47.6 Å². The van der Waals surface area contributed by atoms with E-state index in [1.807, 2.05) is 18.2 Å². The molecule has 3 aliphatic heterocycles. The van der Waals surface area contributed by atoms with Gasteiger partial charge in [0.1, 0.15) is 12.0 Å². The Kier molecular flexibility index (Phi) is 4.21. The van der Waals surface area contributed by atoms with Crippen LogP contribution in [0.3, 0.4) is 0 Å². The van der Waals surface area contributed by atoms with Gasteiger partial charge in [0.05, 0.1) is 11.7 Å². The van der Waals surface area contributed by atoms with E-state index in [2.05, 4.69) is 46.8 Å². The quantitative estimate of drug-likeness (QED) is 0.895. The number of rotatable bonds is 2. The van der Waals surface area contributed by atoms with E-state index >= 15 is 0 Å². The van der Waals surface area contributed by atoms with Crippen LogP contribution >= 0.6 is 11.6 Å². The number of benzene rings is 1. The summed E-state index contributed by atoms with van der Waals surface area (Å²) in [5.41, 5.74) is 5.64. The monoisotopic (exact) mass is 344 g/mol. The average Bonchev–Trinajstić information content (AvgIpc) is 2.92. The minimum atomic E-state index is 0.146. The van der Waals surface area contributed by atoms with Gasteiger partial charge in [-0.2, -0.15) is 0 Å². The molecular weight excluding hydrogens is 324 g/mol. The molecule has 1 saturated heterocycles. The molecule has 0 aliphatic carbocycles. The van der Waals surface area contributed by atoms with E-state index < -0.39 is 0 Å². The number of hydrazine groups is 1. The van der Waals surface area contributed by atoms with Gasteiger partial charge in [-0.1, -0.05) is 23.7 Å². The Labute approximate surface area is 147 Å². The number of likely N-dealkylation sites (N-methyl/N-ethyl adjacent to an activating group) is 1. The Bertz CT molecular complexity index is 709. The number of amidine groups is 1. The molecule has 3 aliphatic rings. The topological polar surface area (TPSA) is 40.1 Å². The van der Waals surface area contributed by atoms with E-state index in [4.69, 9.17) is 21.3 Å². The maximum absolute atomic E-state index is 6.16. The van der Waals surface area contributed by atoms with Crippen LogP contribution in [-0.2, 0) is 4.74 Å². The van der Waals surface area contributed by atoms with E-state index in [0.29, 0.717) is 6.04 Å². The highest BCUT2D eigenvalue weighted by Crippen LogP contribution is 2.31. The molecule has 1 aromatic rings. The van der Waals surface area contributed by atoms with Gasteiger partial charge in [0, 0.05) is 37.0 Å². The summed E-state index contributed by atoms with van der Waals surface area (Å²) in [6.45, 7) is 1.60. The van der Waals surface area contributed by atoms with Crippen LogP contribution in [0, 0.1) is 0 Å². The molecule has 1 unspecified atom stereocenters. The van der Waals surface area contributed by atoms with Crippen molar-refractivity contribution in [2.24, 2.45) is 4.99 Å². The number of hydrogen-bond acceptors (Lipinski definition) is 4. The lowest BCUT2D eigenvalue weighted by atomic mass is 10.1. The smallest absolute Gasteiger partial charge is 0.140 e. The molecule has 0 spiro atoms. The molecule has 5 nitrogen and oxygen atoms in total. The standard InChI is InChI=1S/C18H21ClN4O/c1-22-12-16(13-3-2-4-14(19)11-13)23-18(22)6-5-17(21-23)20-15-7-9-24-10-8-15/h2-6,11-12,15,18H,7-10H2,1H3,(H,20,21). The highest BCUT2D eigenvalue weighted by molar-refractivity contribution is 6.30. The Hall–Kier alpha value is -1.98. The Morgan fingerprint density at radius 1 is 1.29 bits per heavy atom. The van der Waals surface area contributed by atoms with Gasteiger partial charge in [-0.3, -0.25) is 15.4 Å². The van der Waals surface area contributed by atoms with Gasteiger partial charge in [-0.25, -0.2) is 0 Å². The maximum atomic E-state index is 6.16. The number of aliphatic imine (C=N–C) groups is 1. The highest BCUT2D eigenvalue weighted by Gasteiger charge is 2.32. The van der Waals surface area contributed by atoms with Crippen LogP contribution in [0.2, 0.25) is 5.02 Å². The van der Waals surface area contributed by atoms with Crippen molar-refractivity contribution >= 4 is 23.1 Å². The molecule has 1 N–H and O–H groups in total. The van der Waals surface area contributed by atoms with Gasteiger partial charge >= 0.3 is 0 Å². The van der Waals surface area contributed by atoms with Crippen molar-refractivity contribution in [1.29, 1.82) is 0 Å². The predicted molar refractivity (Wildman–Crippen MR) is 96.4 cm³/mol. The van der Waals surface area contributed by atoms with Gasteiger partial charge in [-0.05, 0) is 37.1 Å². The lowest BCUT2D eigenvalue weighted by molar-refractivity contribution is 0.0868. The molecule has 0 amide bonds. The molecule has 24 heavy (non-hydrogen) atoms. The summed E-state index contributed by atoms with van der Waals surface area (Å²) in [4.78, 5) is 7.02. The van der Waals surface area contributed by atoms with Crippen molar-refractivity contribution in [3.63, 3.8) is 0 Å². The maximum Gasteiger partial charge on any atom is 0.140 e. The van der Waals surface area contributed by atoms with Gasteiger partial charge in [0.25, 0.3) is 0 Å². The van der Waals surface area contributed by atoms with Crippen molar-refractivity contribution in [2.75, 3.05) is 20.3 Å². The molecule has 6 heteroatoms. The lowest BCUT2D eigenvalue weighted by Crippen LogP contribution is -2.50. The fraction of sp³-hybridized carbons (Fsp3) is 0.389. The summed E-state index contributed by atoms with van der Waals surface area (Å²) in [5.74, 6) is 0.904. The normalized spacial score (nSPS) is 25.7. The number of halogens is 1. The fourth-order valence-corrected chi connectivity index (χ4v) is 3.48. The minimum absolute atomic E-state index is 0.146. The molecule has 0 bridgehead atoms. The Morgan fingerprint density at radius 2 is 2.12 bits per heavy atom. The first-order valence-electron chi connectivity index (χ1n) is 8.30. The van der Waals surface area contributed by atoms with Crippen molar-refractivity contribution in [2.45, 2.75) is 25.0 Å². The van der Waals surface area contributed by atoms with Crippen LogP contribution in [0.1, 0.15) is 18.4 Å². The first-order chi connectivity index (χ1) is 11.7. The minimum Gasteiger partial charge on any atom is -0.381 e. The second kappa shape index (κ2) is 6.49. The molecule has 1 aromatic carbocycles. The summed E-state index contributed by atoms with van der Waals surface area (Å²) in [6.07, 6.45) is 8.49. The summed E-state index contributed by atoms with van der Waals surface area (Å²) in [5, 5.41) is 2.88. The van der Waals surface area contributed by atoms with Crippen LogP contribution < -0.4 is 5.43 Å². The highest BCUT2D eigenvalue weighted by atomic mass is 35.5. The molecule has 0 radical (unpaired) electrons. The summed E-state index contributed by atoms with van der Waals surface area (Å²) in [7, 11) is 2.07. The molecule has 3 heterocycles. The summed E-state index contributed by atoms with van der Waals surface area (Å²) in [6, 6.07) is 8.26. The molecule has 0 saturated carbocycles. The number of hydrogen-bond donors (Lipinski definition) is 1. The van der Waals surface area contributed by atoms with E-state index in [9.17, 15) is 0 Å². The first-order valence-corrected chi connectivity index (χ1v) is 8.68. The van der Waals surface area contributed by atoms with Gasteiger partial charge in [0.2, 0.25) is 0 Å². The molecule has 4 rings (SSSR count). The number of nitrogens with one attached hydrogen (secondary N) is 1. The molecule has 0 aromatic heterocycles. The predicted octanol–water partition coefficient (Wildman–Crippen LogP) is 2.86. The zero-order chi connectivity index (χ0) is 16.5. The van der Waals surface area contributed by atoms with Crippen molar-refractivity contribution in [3.05, 3.63) is 53.2 Å². The van der Waals surface area contributed by atoms with Crippen LogP contribution in [0.25, 0.3) is 5.70 Å². The second-order valence-corrected chi connectivity index (χ2v) is 6.74. The molecule has 1 fully saturated rings. The summed E-state index contributed by atoms with van der Waals surface area (Å²) >= 11 is 6.16. The zero-order valence-corrected chi connectivity index (χ0v) is 14.4. The van der Waals surface area contributed by atoms with Gasteiger partial charge < -0.3 is 9.64 Å². The van der Waals surface area contributed by atoms with Gasteiger partial charge in [0.15, 0.2) is 0 Å². The molecular formula is C18H21ClN4O. The SMILES string of the molecule is CN1C=C(c2cccc(Cl)c2)N2NC(=NC3CCOCC3)C=CC12. The van der Waals surface area contributed by atoms with E-state index in [1.165, 1.54) is 0 Å². The van der Waals surface area contributed by atoms with E-state index in [-0.39, 0.29) is 6.17 Å². The third-order valence-corrected chi connectivity index (χ3v) is 4.80. The van der Waals surface area contributed by atoms with Crippen LogP contribution in [0.4, 0.5) is 0 Å². The molecule has 126 valence electrons. The van der Waals surface area contributed by atoms with Crippen molar-refractivity contribution in [1.82, 2.24) is 15.3 Å². The van der Waals surface area contributed by atoms with Crippen molar-refractivity contribution in [3.8, 4) is 0 Å². The first kappa shape index (κ1) is 15.5. The third-order valence-electron chi connectivity index (χ3n) is 4.56. The number of ether oxygens (including phenoxy) is 1. The number of fused-ring (bicyclic) bond motifs is 1. The third kappa shape index (κ3) is 3.01. The lowest BCUT2D eigenvalue weighted by Gasteiger charge is -2.35. The number of nitrogens with zero attached hydrogens (tertiary/aromatic N) is 3. The Morgan fingerprint density at radius 3 is 2.92 bits per heavy atom. The van der Waals surface area contributed by atoms with Crippen LogP contribution in [0.5, 0.6) is 0 Å². The largest absolute Gasteiger partial charge is 0.381 e.